The number of hydrogen-bond acceptors (Lipinski definition) is 4. The summed E-state index contributed by atoms with van der Waals surface area (Å²) in [7, 11) is 1.65. The summed E-state index contributed by atoms with van der Waals surface area (Å²) >= 11 is 1.22. The molecule has 1 heterocycles. The second-order valence-electron chi connectivity index (χ2n) is 8.24. The van der Waals surface area contributed by atoms with E-state index in [1.807, 2.05) is 60.7 Å². The number of amides is 1. The van der Waals surface area contributed by atoms with Crippen molar-refractivity contribution in [2.45, 2.75) is 24.5 Å². The first-order valence-electron chi connectivity index (χ1n) is 11.3. The summed E-state index contributed by atoms with van der Waals surface area (Å²) in [5, 5.41) is 3.59. The van der Waals surface area contributed by atoms with Crippen LogP contribution in [-0.4, -0.2) is 21.2 Å². The van der Waals surface area contributed by atoms with Crippen LogP contribution in [0.5, 0.6) is 0 Å². The Bertz CT molecular complexity index is 1320. The Hall–Kier alpha value is -3.71. The van der Waals surface area contributed by atoms with Crippen LogP contribution in [0.1, 0.15) is 34.0 Å². The van der Waals surface area contributed by atoms with Crippen LogP contribution in [-0.2, 0) is 18.3 Å². The molecule has 0 aliphatic rings. The van der Waals surface area contributed by atoms with E-state index < -0.39 is 0 Å². The van der Waals surface area contributed by atoms with Crippen LogP contribution in [0.4, 0.5) is 4.39 Å². The second-order valence-corrected chi connectivity index (χ2v) is 9.18. The van der Waals surface area contributed by atoms with E-state index in [-0.39, 0.29) is 29.1 Å². The number of aromatic nitrogens is 2. The lowest BCUT2D eigenvalue weighted by Gasteiger charge is -2.20. The van der Waals surface area contributed by atoms with Crippen molar-refractivity contribution in [1.82, 2.24) is 14.9 Å². The number of nitrogens with zero attached hydrogens (tertiary/aromatic N) is 2. The van der Waals surface area contributed by atoms with E-state index in [4.69, 9.17) is 0 Å². The maximum absolute atomic E-state index is 13.2. The highest BCUT2D eigenvalue weighted by Crippen LogP contribution is 2.23. The molecule has 1 aromatic heterocycles. The van der Waals surface area contributed by atoms with Gasteiger partial charge in [-0.25, -0.2) is 9.37 Å². The number of rotatable bonds is 8. The molecule has 4 aromatic rings. The molecule has 3 aromatic carbocycles. The molecule has 0 fully saturated rings. The smallest absolute Gasteiger partial charge is 0.257 e. The van der Waals surface area contributed by atoms with Gasteiger partial charge < -0.3 is 5.32 Å². The third kappa shape index (κ3) is 6.05. The predicted molar refractivity (Wildman–Crippen MR) is 137 cm³/mol. The summed E-state index contributed by atoms with van der Waals surface area (Å²) in [5.74, 6) is -0.356. The number of hydrogen-bond donors (Lipinski definition) is 1. The molecular formula is C28H26FN3O2S. The van der Waals surface area contributed by atoms with Crippen molar-refractivity contribution in [3.8, 4) is 0 Å². The van der Waals surface area contributed by atoms with Crippen LogP contribution in [0.25, 0.3) is 0 Å². The quantitative estimate of drug-likeness (QED) is 0.286. The minimum Gasteiger partial charge on any atom is -0.344 e. The summed E-state index contributed by atoms with van der Waals surface area (Å²) in [6, 6.07) is 25.4. The number of thioether (sulfide) groups is 1. The molecule has 0 radical (unpaired) electrons. The summed E-state index contributed by atoms with van der Waals surface area (Å²) in [6.07, 6.45) is 0.368. The summed E-state index contributed by atoms with van der Waals surface area (Å²) in [4.78, 5) is 30.5. The van der Waals surface area contributed by atoms with Gasteiger partial charge in [0.2, 0.25) is 5.91 Å². The van der Waals surface area contributed by atoms with Crippen LogP contribution in [0, 0.1) is 12.7 Å². The molecule has 178 valence electrons. The number of carbonyl (C=O) groups excluding carboxylic acids is 1. The van der Waals surface area contributed by atoms with Crippen molar-refractivity contribution in [3.05, 3.63) is 129 Å². The van der Waals surface area contributed by atoms with E-state index in [1.54, 1.807) is 26.1 Å². The van der Waals surface area contributed by atoms with E-state index in [1.165, 1.54) is 28.5 Å². The molecule has 0 bridgehead atoms. The van der Waals surface area contributed by atoms with Crippen LogP contribution in [0.2, 0.25) is 0 Å². The molecule has 0 unspecified atom stereocenters. The van der Waals surface area contributed by atoms with Gasteiger partial charge >= 0.3 is 0 Å². The highest BCUT2D eigenvalue weighted by molar-refractivity contribution is 7.99. The van der Waals surface area contributed by atoms with Gasteiger partial charge in [0, 0.05) is 24.7 Å². The van der Waals surface area contributed by atoms with E-state index in [9.17, 15) is 14.0 Å². The maximum Gasteiger partial charge on any atom is 0.257 e. The summed E-state index contributed by atoms with van der Waals surface area (Å²) in [6.45, 7) is 1.78. The third-order valence-corrected chi connectivity index (χ3v) is 6.78. The Kier molecular flexibility index (Phi) is 7.77. The summed E-state index contributed by atoms with van der Waals surface area (Å²) < 4.78 is 14.7. The Labute approximate surface area is 208 Å². The topological polar surface area (TPSA) is 64.0 Å². The molecule has 0 atom stereocenters. The van der Waals surface area contributed by atoms with Gasteiger partial charge in [-0.2, -0.15) is 0 Å². The molecule has 1 N–H and O–H groups in total. The Morgan fingerprint density at radius 2 is 1.54 bits per heavy atom. The second kappa shape index (κ2) is 11.1. The van der Waals surface area contributed by atoms with Crippen molar-refractivity contribution in [1.29, 1.82) is 0 Å². The minimum absolute atomic E-state index is 0.118. The fourth-order valence-corrected chi connectivity index (χ4v) is 4.67. The van der Waals surface area contributed by atoms with Crippen molar-refractivity contribution >= 4 is 17.7 Å². The minimum atomic E-state index is -0.316. The van der Waals surface area contributed by atoms with Gasteiger partial charge in [0.05, 0.1) is 11.8 Å². The SMILES string of the molecule is Cc1nc(SCC(=O)NC(c2ccccc2)c2ccccc2)n(C)c(=O)c1Cc1ccc(F)cc1. The Morgan fingerprint density at radius 3 is 2.11 bits per heavy atom. The first-order valence-corrected chi connectivity index (χ1v) is 12.2. The highest BCUT2D eigenvalue weighted by atomic mass is 32.2. The van der Waals surface area contributed by atoms with E-state index >= 15 is 0 Å². The predicted octanol–water partition coefficient (Wildman–Crippen LogP) is 4.82. The highest BCUT2D eigenvalue weighted by Gasteiger charge is 2.18. The molecule has 0 aliphatic heterocycles. The molecule has 0 spiro atoms. The molecule has 0 saturated heterocycles. The van der Waals surface area contributed by atoms with Crippen molar-refractivity contribution < 1.29 is 9.18 Å². The first-order chi connectivity index (χ1) is 16.9. The molecule has 0 aliphatic carbocycles. The lowest BCUT2D eigenvalue weighted by Crippen LogP contribution is -2.31. The average Bonchev–Trinajstić information content (AvgIpc) is 2.88. The number of nitrogens with one attached hydrogen (secondary N) is 1. The lowest BCUT2D eigenvalue weighted by atomic mass is 9.99. The molecule has 5 nitrogen and oxygen atoms in total. The van der Waals surface area contributed by atoms with Crippen LogP contribution in [0.15, 0.2) is 94.9 Å². The monoisotopic (exact) mass is 487 g/mol. The molecular weight excluding hydrogens is 461 g/mol. The Morgan fingerprint density at radius 1 is 0.971 bits per heavy atom. The van der Waals surface area contributed by atoms with Crippen LogP contribution in [0.3, 0.4) is 0 Å². The zero-order chi connectivity index (χ0) is 24.8. The summed E-state index contributed by atoms with van der Waals surface area (Å²) in [5.41, 5.74) is 3.80. The van der Waals surface area contributed by atoms with Crippen molar-refractivity contribution in [2.24, 2.45) is 7.05 Å². The first kappa shape index (κ1) is 24.4. The fourth-order valence-electron chi connectivity index (χ4n) is 3.85. The number of carbonyl (C=O) groups is 1. The third-order valence-electron chi connectivity index (χ3n) is 5.75. The average molecular weight is 488 g/mol. The number of aryl methyl sites for hydroxylation is 1. The van der Waals surface area contributed by atoms with Crippen molar-refractivity contribution in [2.75, 3.05) is 5.75 Å². The van der Waals surface area contributed by atoms with Crippen molar-refractivity contribution in [3.63, 3.8) is 0 Å². The van der Waals surface area contributed by atoms with Crippen LogP contribution < -0.4 is 10.9 Å². The molecule has 0 saturated carbocycles. The largest absolute Gasteiger partial charge is 0.344 e. The molecule has 35 heavy (non-hydrogen) atoms. The normalized spacial score (nSPS) is 11.0. The zero-order valence-electron chi connectivity index (χ0n) is 19.6. The van der Waals surface area contributed by atoms with Gasteiger partial charge in [-0.3, -0.25) is 14.2 Å². The molecule has 4 rings (SSSR count). The Balaban J connectivity index is 1.48. The molecule has 1 amide bonds. The van der Waals surface area contributed by atoms with Gasteiger partial charge in [0.25, 0.3) is 5.56 Å². The van der Waals surface area contributed by atoms with Gasteiger partial charge in [-0.1, -0.05) is 84.6 Å². The zero-order valence-corrected chi connectivity index (χ0v) is 20.4. The standard InChI is InChI=1S/C28H26FN3O2S/c1-19-24(17-20-13-15-23(29)16-14-20)27(34)32(2)28(30-19)35-18-25(33)31-26(21-9-5-3-6-10-21)22-11-7-4-8-12-22/h3-16,26H,17-18H2,1-2H3,(H,31,33). The van der Waals surface area contributed by atoms with Gasteiger partial charge in [0.1, 0.15) is 5.82 Å². The van der Waals surface area contributed by atoms with Gasteiger partial charge in [0.15, 0.2) is 5.16 Å². The van der Waals surface area contributed by atoms with E-state index in [0.717, 1.165) is 16.7 Å². The molecule has 7 heteroatoms. The maximum atomic E-state index is 13.2. The van der Waals surface area contributed by atoms with Gasteiger partial charge in [-0.15, -0.1) is 0 Å². The lowest BCUT2D eigenvalue weighted by molar-refractivity contribution is -0.119. The fraction of sp³-hybridized carbons (Fsp3) is 0.179. The number of benzene rings is 3. The van der Waals surface area contributed by atoms with E-state index in [0.29, 0.717) is 22.8 Å². The van der Waals surface area contributed by atoms with E-state index in [2.05, 4.69) is 10.3 Å². The number of halogens is 1. The van der Waals surface area contributed by atoms with Crippen LogP contribution >= 0.6 is 11.8 Å². The van der Waals surface area contributed by atoms with Gasteiger partial charge in [-0.05, 0) is 35.7 Å².